The summed E-state index contributed by atoms with van der Waals surface area (Å²) in [6, 6.07) is 10.3. The summed E-state index contributed by atoms with van der Waals surface area (Å²) in [5, 5.41) is 10.7. The Hall–Kier alpha value is -1.35. The molecular formula is C14H17NOS. The van der Waals surface area contributed by atoms with E-state index in [0.717, 1.165) is 11.6 Å². The first kappa shape index (κ1) is 12.1. The van der Waals surface area contributed by atoms with Gasteiger partial charge in [-0.25, -0.2) is 0 Å². The first-order valence-corrected chi connectivity index (χ1v) is 6.48. The Morgan fingerprint density at radius 3 is 2.47 bits per heavy atom. The van der Waals surface area contributed by atoms with Crippen LogP contribution in [-0.2, 0) is 6.54 Å². The lowest BCUT2D eigenvalue weighted by Crippen LogP contribution is -2.16. The first-order chi connectivity index (χ1) is 8.09. The van der Waals surface area contributed by atoms with Crippen LogP contribution in [0.4, 0.5) is 0 Å². The van der Waals surface area contributed by atoms with E-state index in [-0.39, 0.29) is 0 Å². The largest absolute Gasteiger partial charge is 0.510 e. The minimum Gasteiger partial charge on any atom is -0.510 e. The van der Waals surface area contributed by atoms with E-state index in [0.29, 0.717) is 5.76 Å². The van der Waals surface area contributed by atoms with Crippen molar-refractivity contribution in [2.75, 3.05) is 0 Å². The van der Waals surface area contributed by atoms with Crippen LogP contribution in [0.15, 0.2) is 51.7 Å². The van der Waals surface area contributed by atoms with Crippen LogP contribution in [-0.4, -0.2) is 10.0 Å². The second-order valence-corrected chi connectivity index (χ2v) is 5.41. The number of benzene rings is 1. The van der Waals surface area contributed by atoms with E-state index in [1.54, 1.807) is 18.7 Å². The average Bonchev–Trinajstić information content (AvgIpc) is 2.59. The molecule has 0 saturated carbocycles. The maximum Gasteiger partial charge on any atom is 0.120 e. The van der Waals surface area contributed by atoms with Crippen molar-refractivity contribution in [1.29, 1.82) is 0 Å². The fourth-order valence-corrected chi connectivity index (χ4v) is 2.85. The molecule has 1 aliphatic rings. The fraction of sp³-hybridized carbons (Fsp3) is 0.286. The summed E-state index contributed by atoms with van der Waals surface area (Å²) in [5.41, 5.74) is 2.48. The van der Waals surface area contributed by atoms with E-state index >= 15 is 0 Å². The third-order valence-electron chi connectivity index (χ3n) is 2.90. The Bertz CT molecular complexity index is 472. The van der Waals surface area contributed by atoms with Gasteiger partial charge < -0.3 is 10.0 Å². The van der Waals surface area contributed by atoms with Crippen LogP contribution >= 0.6 is 11.8 Å². The normalized spacial score (nSPS) is 18.9. The number of nitrogens with zero attached hydrogens (tertiary/aromatic N) is 1. The Balaban J connectivity index is 2.27. The van der Waals surface area contributed by atoms with Crippen LogP contribution in [0.5, 0.6) is 0 Å². The lowest BCUT2D eigenvalue weighted by atomic mass is 10.2. The molecule has 2 rings (SSSR count). The van der Waals surface area contributed by atoms with Crippen molar-refractivity contribution in [2.24, 2.45) is 0 Å². The topological polar surface area (TPSA) is 23.5 Å². The molecule has 2 nitrogen and oxygen atoms in total. The Morgan fingerprint density at radius 1 is 1.24 bits per heavy atom. The van der Waals surface area contributed by atoms with Crippen LogP contribution in [0, 0.1) is 0 Å². The predicted octanol–water partition coefficient (Wildman–Crippen LogP) is 4.23. The van der Waals surface area contributed by atoms with Crippen molar-refractivity contribution in [1.82, 2.24) is 4.90 Å². The molecule has 0 atom stereocenters. The second kappa shape index (κ2) is 4.88. The van der Waals surface area contributed by atoms with E-state index in [1.807, 2.05) is 18.2 Å². The van der Waals surface area contributed by atoms with Gasteiger partial charge in [0, 0.05) is 17.1 Å². The quantitative estimate of drug-likeness (QED) is 0.791. The maximum absolute atomic E-state index is 9.73. The molecule has 1 heterocycles. The maximum atomic E-state index is 9.73. The lowest BCUT2D eigenvalue weighted by molar-refractivity contribution is 0.369. The average molecular weight is 247 g/mol. The van der Waals surface area contributed by atoms with Gasteiger partial charge >= 0.3 is 0 Å². The summed E-state index contributed by atoms with van der Waals surface area (Å²) in [7, 11) is 0. The van der Waals surface area contributed by atoms with Gasteiger partial charge in [-0.1, -0.05) is 42.1 Å². The van der Waals surface area contributed by atoms with Gasteiger partial charge in [0.25, 0.3) is 0 Å². The first-order valence-electron chi connectivity index (χ1n) is 5.66. The molecule has 0 bridgehead atoms. The Labute approximate surface area is 107 Å². The van der Waals surface area contributed by atoms with Gasteiger partial charge in [0.2, 0.25) is 0 Å². The Morgan fingerprint density at radius 2 is 1.88 bits per heavy atom. The number of aliphatic hydroxyl groups is 1. The van der Waals surface area contributed by atoms with E-state index < -0.39 is 0 Å². The molecule has 0 unspecified atom stereocenters. The van der Waals surface area contributed by atoms with E-state index in [9.17, 15) is 5.11 Å². The molecular weight excluding hydrogens is 230 g/mol. The molecule has 0 aliphatic carbocycles. The van der Waals surface area contributed by atoms with E-state index in [1.165, 1.54) is 16.2 Å². The highest BCUT2D eigenvalue weighted by molar-refractivity contribution is 8.06. The molecule has 1 N–H and O–H groups in total. The number of rotatable bonds is 2. The van der Waals surface area contributed by atoms with Gasteiger partial charge in [0.1, 0.15) is 10.8 Å². The lowest BCUT2D eigenvalue weighted by Gasteiger charge is -2.21. The van der Waals surface area contributed by atoms with Gasteiger partial charge in [0.15, 0.2) is 0 Å². The standard InChI is InChI=1S/C14H17NOS/c1-10-12(3)17-14(11(2)16)15(10)9-13-7-5-4-6-8-13/h4-8,16H,9H2,1-3H3/b14-11+. The minimum atomic E-state index is 0.391. The van der Waals surface area contributed by atoms with Crippen LogP contribution in [0.1, 0.15) is 26.3 Å². The molecule has 1 aromatic carbocycles. The van der Waals surface area contributed by atoms with Crippen molar-refractivity contribution >= 4 is 11.8 Å². The Kier molecular flexibility index (Phi) is 3.48. The summed E-state index contributed by atoms with van der Waals surface area (Å²) >= 11 is 1.64. The van der Waals surface area contributed by atoms with Gasteiger partial charge in [-0.05, 0) is 26.3 Å². The smallest absolute Gasteiger partial charge is 0.120 e. The zero-order valence-corrected chi connectivity index (χ0v) is 11.2. The minimum absolute atomic E-state index is 0.391. The molecule has 0 saturated heterocycles. The molecule has 0 amide bonds. The van der Waals surface area contributed by atoms with Crippen molar-refractivity contribution in [2.45, 2.75) is 27.3 Å². The van der Waals surface area contributed by atoms with Gasteiger partial charge in [-0.15, -0.1) is 0 Å². The van der Waals surface area contributed by atoms with Crippen molar-refractivity contribution in [3.8, 4) is 0 Å². The summed E-state index contributed by atoms with van der Waals surface area (Å²) in [4.78, 5) is 3.43. The summed E-state index contributed by atoms with van der Waals surface area (Å²) < 4.78 is 0. The molecule has 0 spiro atoms. The van der Waals surface area contributed by atoms with Crippen LogP contribution < -0.4 is 0 Å². The third-order valence-corrected chi connectivity index (χ3v) is 4.21. The molecule has 0 radical (unpaired) electrons. The molecule has 0 aromatic heterocycles. The van der Waals surface area contributed by atoms with E-state index in [4.69, 9.17) is 0 Å². The number of allylic oxidation sites excluding steroid dienone is 3. The fourth-order valence-electron chi connectivity index (χ4n) is 1.84. The summed E-state index contributed by atoms with van der Waals surface area (Å²) in [5.74, 6) is 0.391. The zero-order valence-electron chi connectivity index (χ0n) is 10.4. The monoisotopic (exact) mass is 247 g/mol. The number of hydrogen-bond donors (Lipinski definition) is 1. The SMILES string of the molecule is CC1=C(C)N(Cc2ccccc2)/C(=C(/C)O)S1. The molecule has 3 heteroatoms. The highest BCUT2D eigenvalue weighted by Gasteiger charge is 2.24. The molecule has 1 aromatic rings. The van der Waals surface area contributed by atoms with Crippen LogP contribution in [0.3, 0.4) is 0 Å². The number of aliphatic hydroxyl groups excluding tert-OH is 1. The van der Waals surface area contributed by atoms with Crippen molar-refractivity contribution in [3.63, 3.8) is 0 Å². The molecule has 90 valence electrons. The third kappa shape index (κ3) is 2.50. The van der Waals surface area contributed by atoms with Gasteiger partial charge in [-0.2, -0.15) is 0 Å². The van der Waals surface area contributed by atoms with Crippen molar-refractivity contribution < 1.29 is 5.11 Å². The highest BCUT2D eigenvalue weighted by atomic mass is 32.2. The molecule has 0 fully saturated rings. The van der Waals surface area contributed by atoms with Crippen LogP contribution in [0.2, 0.25) is 0 Å². The summed E-state index contributed by atoms with van der Waals surface area (Å²) in [6.07, 6.45) is 0. The molecule has 17 heavy (non-hydrogen) atoms. The predicted molar refractivity (Wildman–Crippen MR) is 73.3 cm³/mol. The van der Waals surface area contributed by atoms with Crippen molar-refractivity contribution in [3.05, 3.63) is 57.3 Å². The zero-order chi connectivity index (χ0) is 12.4. The van der Waals surface area contributed by atoms with Crippen LogP contribution in [0.25, 0.3) is 0 Å². The van der Waals surface area contributed by atoms with Gasteiger partial charge in [0.05, 0.1) is 0 Å². The highest BCUT2D eigenvalue weighted by Crippen LogP contribution is 2.42. The second-order valence-electron chi connectivity index (χ2n) is 4.21. The molecule has 1 aliphatic heterocycles. The number of hydrogen-bond acceptors (Lipinski definition) is 3. The number of thioether (sulfide) groups is 1. The summed E-state index contributed by atoms with van der Waals surface area (Å²) in [6.45, 7) is 6.74. The van der Waals surface area contributed by atoms with E-state index in [2.05, 4.69) is 30.9 Å². The van der Waals surface area contributed by atoms with Gasteiger partial charge in [-0.3, -0.25) is 0 Å².